The average molecular weight is 367 g/mol. The molecule has 0 spiro atoms. The van der Waals surface area contributed by atoms with Gasteiger partial charge in [-0.15, -0.1) is 12.4 Å². The van der Waals surface area contributed by atoms with Gasteiger partial charge in [0.15, 0.2) is 0 Å². The van der Waals surface area contributed by atoms with Crippen molar-refractivity contribution in [2.75, 3.05) is 13.2 Å². The summed E-state index contributed by atoms with van der Waals surface area (Å²) in [4.78, 5) is 18.7. The van der Waals surface area contributed by atoms with Crippen molar-refractivity contribution in [3.8, 4) is 0 Å². The molecule has 3 rings (SSSR count). The second kappa shape index (κ2) is 8.47. The largest absolute Gasteiger partial charge is 0.462 e. The summed E-state index contributed by atoms with van der Waals surface area (Å²) in [5, 5.41) is 0.235. The molecule has 0 unspecified atom stereocenters. The minimum absolute atomic E-state index is 0. The summed E-state index contributed by atoms with van der Waals surface area (Å²) in [5.41, 5.74) is 3.67. The van der Waals surface area contributed by atoms with Crippen LogP contribution in [0.5, 0.6) is 0 Å². The van der Waals surface area contributed by atoms with Crippen molar-refractivity contribution in [3.05, 3.63) is 63.9 Å². The molecule has 4 nitrogen and oxygen atoms in total. The molecule has 0 radical (unpaired) electrons. The lowest BCUT2D eigenvalue weighted by atomic mass is 10.0. The van der Waals surface area contributed by atoms with Crippen LogP contribution in [-0.4, -0.2) is 29.0 Å². The lowest BCUT2D eigenvalue weighted by Gasteiger charge is -2.28. The molecule has 1 aromatic heterocycles. The van der Waals surface area contributed by atoms with Crippen LogP contribution in [0.15, 0.2) is 36.4 Å². The molecule has 0 atom stereocenters. The third kappa shape index (κ3) is 4.26. The molecular formula is C18H20Cl2N2O2. The number of pyridine rings is 1. The first kappa shape index (κ1) is 18.7. The highest BCUT2D eigenvalue weighted by Gasteiger charge is 2.22. The van der Waals surface area contributed by atoms with E-state index in [2.05, 4.69) is 22.0 Å². The number of rotatable bonds is 4. The quantitative estimate of drug-likeness (QED) is 0.607. The molecule has 0 saturated carbocycles. The van der Waals surface area contributed by atoms with Crippen LogP contribution in [0.4, 0.5) is 0 Å². The Hall–Kier alpha value is -1.62. The van der Waals surface area contributed by atoms with Crippen molar-refractivity contribution in [1.29, 1.82) is 0 Å². The van der Waals surface area contributed by atoms with Crippen LogP contribution < -0.4 is 0 Å². The van der Waals surface area contributed by atoms with E-state index in [0.29, 0.717) is 12.2 Å². The highest BCUT2D eigenvalue weighted by molar-refractivity contribution is 6.32. The zero-order valence-corrected chi connectivity index (χ0v) is 15.1. The Labute approximate surface area is 153 Å². The van der Waals surface area contributed by atoms with E-state index < -0.39 is 5.97 Å². The van der Waals surface area contributed by atoms with Gasteiger partial charge in [-0.2, -0.15) is 0 Å². The molecule has 24 heavy (non-hydrogen) atoms. The molecule has 6 heteroatoms. The fourth-order valence-corrected chi connectivity index (χ4v) is 3.07. The minimum Gasteiger partial charge on any atom is -0.462 e. The smallest absolute Gasteiger partial charge is 0.341 e. The Kier molecular flexibility index (Phi) is 6.60. The van der Waals surface area contributed by atoms with Gasteiger partial charge in [0.05, 0.1) is 12.2 Å². The molecule has 0 aliphatic carbocycles. The number of halogens is 2. The lowest BCUT2D eigenvalue weighted by molar-refractivity contribution is 0.0525. The first-order chi connectivity index (χ1) is 11.2. The average Bonchev–Trinajstić information content (AvgIpc) is 2.55. The van der Waals surface area contributed by atoms with Gasteiger partial charge in [-0.05, 0) is 24.1 Å². The van der Waals surface area contributed by atoms with Crippen LogP contribution in [0.2, 0.25) is 5.15 Å². The molecular weight excluding hydrogens is 347 g/mol. The van der Waals surface area contributed by atoms with Gasteiger partial charge in [-0.3, -0.25) is 4.90 Å². The van der Waals surface area contributed by atoms with Gasteiger partial charge in [0.25, 0.3) is 0 Å². The summed E-state index contributed by atoms with van der Waals surface area (Å²) in [6.07, 6.45) is 0.838. The minimum atomic E-state index is -0.409. The van der Waals surface area contributed by atoms with Gasteiger partial charge in [0, 0.05) is 31.7 Å². The fourth-order valence-electron chi connectivity index (χ4n) is 2.83. The Morgan fingerprint density at radius 1 is 1.33 bits per heavy atom. The fraction of sp³-hybridized carbons (Fsp3) is 0.333. The maximum atomic E-state index is 12.0. The first-order valence-electron chi connectivity index (χ1n) is 7.79. The summed E-state index contributed by atoms with van der Waals surface area (Å²) >= 11 is 6.13. The number of nitrogens with zero attached hydrogens (tertiary/aromatic N) is 2. The van der Waals surface area contributed by atoms with E-state index in [0.717, 1.165) is 37.3 Å². The third-order valence-electron chi connectivity index (χ3n) is 3.95. The zero-order valence-electron chi connectivity index (χ0n) is 13.5. The maximum absolute atomic E-state index is 12.0. The zero-order chi connectivity index (χ0) is 16.2. The SMILES string of the molecule is CCOC(=O)c1cc2c(nc1Cl)CCN(Cc1ccccc1)C2.Cl. The normalized spacial score (nSPS) is 13.8. The number of esters is 1. The number of aromatic nitrogens is 1. The Morgan fingerprint density at radius 3 is 2.79 bits per heavy atom. The van der Waals surface area contributed by atoms with E-state index in [1.54, 1.807) is 6.92 Å². The lowest BCUT2D eigenvalue weighted by Crippen LogP contribution is -2.31. The number of benzene rings is 1. The summed E-state index contributed by atoms with van der Waals surface area (Å²) in [7, 11) is 0. The van der Waals surface area contributed by atoms with Crippen molar-refractivity contribution < 1.29 is 9.53 Å². The molecule has 0 bridgehead atoms. The van der Waals surface area contributed by atoms with Gasteiger partial charge < -0.3 is 4.74 Å². The van der Waals surface area contributed by atoms with Crippen LogP contribution in [0.25, 0.3) is 0 Å². The number of carbonyl (C=O) groups is 1. The number of fused-ring (bicyclic) bond motifs is 1. The van der Waals surface area contributed by atoms with Crippen molar-refractivity contribution in [2.45, 2.75) is 26.4 Å². The molecule has 0 amide bonds. The van der Waals surface area contributed by atoms with Crippen LogP contribution in [0, 0.1) is 0 Å². The standard InChI is InChI=1S/C18H19ClN2O2.ClH/c1-2-23-18(22)15-10-14-12-21(9-8-16(14)20-17(15)19)11-13-6-4-3-5-7-13;/h3-7,10H,2,8-9,11-12H2,1H3;1H. The van der Waals surface area contributed by atoms with Gasteiger partial charge in [0.2, 0.25) is 0 Å². The van der Waals surface area contributed by atoms with Crippen molar-refractivity contribution in [2.24, 2.45) is 0 Å². The number of carbonyl (C=O) groups excluding carboxylic acids is 1. The number of hydrogen-bond donors (Lipinski definition) is 0. The summed E-state index contributed by atoms with van der Waals surface area (Å²) in [6, 6.07) is 12.2. The van der Waals surface area contributed by atoms with Crippen LogP contribution in [-0.2, 0) is 24.2 Å². The van der Waals surface area contributed by atoms with Gasteiger partial charge in [-0.1, -0.05) is 41.9 Å². The molecule has 1 aliphatic rings. The predicted molar refractivity (Wildman–Crippen MR) is 96.7 cm³/mol. The van der Waals surface area contributed by atoms with Gasteiger partial charge in [0.1, 0.15) is 5.15 Å². The molecule has 1 aromatic carbocycles. The van der Waals surface area contributed by atoms with Gasteiger partial charge >= 0.3 is 5.97 Å². The maximum Gasteiger partial charge on any atom is 0.341 e. The Bertz CT molecular complexity index is 708. The van der Waals surface area contributed by atoms with E-state index in [4.69, 9.17) is 16.3 Å². The second-order valence-electron chi connectivity index (χ2n) is 5.60. The van der Waals surface area contributed by atoms with Crippen LogP contribution in [0.1, 0.15) is 34.1 Å². The molecule has 0 saturated heterocycles. The monoisotopic (exact) mass is 366 g/mol. The topological polar surface area (TPSA) is 42.4 Å². The Balaban J connectivity index is 0.00000208. The molecule has 128 valence electrons. The molecule has 2 aromatic rings. The van der Waals surface area contributed by atoms with Crippen molar-refractivity contribution in [3.63, 3.8) is 0 Å². The molecule has 2 heterocycles. The predicted octanol–water partition coefficient (Wildman–Crippen LogP) is 3.89. The highest BCUT2D eigenvalue weighted by Crippen LogP contribution is 2.24. The van der Waals surface area contributed by atoms with Crippen molar-refractivity contribution in [1.82, 2.24) is 9.88 Å². The second-order valence-corrected chi connectivity index (χ2v) is 5.96. The molecule has 0 fully saturated rings. The van der Waals surface area contributed by atoms with Crippen LogP contribution >= 0.6 is 24.0 Å². The van der Waals surface area contributed by atoms with Gasteiger partial charge in [-0.25, -0.2) is 9.78 Å². The Morgan fingerprint density at radius 2 is 2.08 bits per heavy atom. The highest BCUT2D eigenvalue weighted by atomic mass is 35.5. The van der Waals surface area contributed by atoms with E-state index in [1.807, 2.05) is 24.3 Å². The summed E-state index contributed by atoms with van der Waals surface area (Å²) < 4.78 is 5.05. The number of hydrogen-bond acceptors (Lipinski definition) is 4. The van der Waals surface area contributed by atoms with E-state index in [-0.39, 0.29) is 17.6 Å². The third-order valence-corrected chi connectivity index (χ3v) is 4.24. The number of ether oxygens (including phenoxy) is 1. The van der Waals surface area contributed by atoms with E-state index in [1.165, 1.54) is 5.56 Å². The van der Waals surface area contributed by atoms with Crippen molar-refractivity contribution >= 4 is 30.0 Å². The first-order valence-corrected chi connectivity index (χ1v) is 8.17. The van der Waals surface area contributed by atoms with E-state index >= 15 is 0 Å². The van der Waals surface area contributed by atoms with E-state index in [9.17, 15) is 4.79 Å². The molecule has 0 N–H and O–H groups in total. The summed E-state index contributed by atoms with van der Waals surface area (Å²) in [5.74, 6) is -0.409. The summed E-state index contributed by atoms with van der Waals surface area (Å²) in [6.45, 7) is 4.69. The molecule has 1 aliphatic heterocycles. The van der Waals surface area contributed by atoms with Crippen LogP contribution in [0.3, 0.4) is 0 Å².